The van der Waals surface area contributed by atoms with Crippen LogP contribution in [0, 0.1) is 13.8 Å². The van der Waals surface area contributed by atoms with Gasteiger partial charge in [0.25, 0.3) is 0 Å². The highest BCUT2D eigenvalue weighted by atomic mass is 32.1. The van der Waals surface area contributed by atoms with Crippen LogP contribution in [-0.4, -0.2) is 37.8 Å². The zero-order valence-electron chi connectivity index (χ0n) is 15.6. The van der Waals surface area contributed by atoms with E-state index >= 15 is 0 Å². The Bertz CT molecular complexity index is 713. The Balaban J connectivity index is 2.00. The second-order valence-corrected chi connectivity index (χ2v) is 6.74. The van der Waals surface area contributed by atoms with Gasteiger partial charge in [-0.15, -0.1) is 0 Å². The van der Waals surface area contributed by atoms with E-state index in [-0.39, 0.29) is 6.04 Å². The van der Waals surface area contributed by atoms with Gasteiger partial charge < -0.3 is 20.3 Å². The Kier molecular flexibility index (Phi) is 6.79. The molecule has 0 amide bonds. The van der Waals surface area contributed by atoms with Crippen molar-refractivity contribution >= 4 is 23.0 Å². The fourth-order valence-corrected chi connectivity index (χ4v) is 2.86. The number of rotatable bonds is 6. The highest BCUT2D eigenvalue weighted by Crippen LogP contribution is 2.21. The molecule has 0 spiro atoms. The lowest BCUT2D eigenvalue weighted by atomic mass is 10.1. The number of hydrogen-bond acceptors (Lipinski definition) is 3. The first-order valence-electron chi connectivity index (χ1n) is 8.33. The van der Waals surface area contributed by atoms with Crippen LogP contribution in [0.5, 0.6) is 5.75 Å². The SMILES string of the molecule is COc1ccc([C@@H](CNC(=S)Nc2cccc(C)c2C)N(C)C)cc1. The molecule has 0 heterocycles. The maximum absolute atomic E-state index is 5.47. The molecule has 25 heavy (non-hydrogen) atoms. The van der Waals surface area contributed by atoms with Crippen LogP contribution in [0.4, 0.5) is 5.69 Å². The summed E-state index contributed by atoms with van der Waals surface area (Å²) in [5, 5.41) is 7.26. The minimum atomic E-state index is 0.212. The van der Waals surface area contributed by atoms with E-state index in [1.54, 1.807) is 7.11 Å². The molecule has 0 radical (unpaired) electrons. The van der Waals surface area contributed by atoms with E-state index in [1.807, 2.05) is 24.3 Å². The summed E-state index contributed by atoms with van der Waals surface area (Å²) in [5.41, 5.74) is 4.72. The zero-order valence-corrected chi connectivity index (χ0v) is 16.4. The highest BCUT2D eigenvalue weighted by Gasteiger charge is 2.15. The van der Waals surface area contributed by atoms with E-state index in [1.165, 1.54) is 16.7 Å². The smallest absolute Gasteiger partial charge is 0.170 e. The Morgan fingerprint density at radius 1 is 1.12 bits per heavy atom. The minimum absolute atomic E-state index is 0.212. The van der Waals surface area contributed by atoms with Gasteiger partial charge in [-0.3, -0.25) is 0 Å². The summed E-state index contributed by atoms with van der Waals surface area (Å²) in [6, 6.07) is 14.5. The second kappa shape index (κ2) is 8.83. The van der Waals surface area contributed by atoms with Crippen LogP contribution >= 0.6 is 12.2 Å². The number of aryl methyl sites for hydroxylation is 1. The highest BCUT2D eigenvalue weighted by molar-refractivity contribution is 7.80. The van der Waals surface area contributed by atoms with Crippen molar-refractivity contribution in [1.29, 1.82) is 0 Å². The first-order valence-corrected chi connectivity index (χ1v) is 8.74. The summed E-state index contributed by atoms with van der Waals surface area (Å²) >= 11 is 5.47. The van der Waals surface area contributed by atoms with Crippen molar-refractivity contribution in [2.24, 2.45) is 0 Å². The van der Waals surface area contributed by atoms with E-state index in [0.717, 1.165) is 18.0 Å². The number of anilines is 1. The number of hydrogen-bond donors (Lipinski definition) is 2. The molecule has 1 atom stereocenters. The van der Waals surface area contributed by atoms with Crippen molar-refractivity contribution in [3.05, 3.63) is 59.2 Å². The molecule has 0 unspecified atom stereocenters. The maximum Gasteiger partial charge on any atom is 0.170 e. The summed E-state index contributed by atoms with van der Waals surface area (Å²) in [7, 11) is 5.81. The van der Waals surface area contributed by atoms with E-state index in [4.69, 9.17) is 17.0 Å². The Hall–Kier alpha value is -2.11. The molecule has 0 bridgehead atoms. The van der Waals surface area contributed by atoms with E-state index in [9.17, 15) is 0 Å². The normalized spacial score (nSPS) is 11.9. The van der Waals surface area contributed by atoms with Gasteiger partial charge in [-0.25, -0.2) is 0 Å². The van der Waals surface area contributed by atoms with Gasteiger partial charge in [0.2, 0.25) is 0 Å². The number of likely N-dealkylation sites (N-methyl/N-ethyl adjacent to an activating group) is 1. The first kappa shape index (κ1) is 19.2. The van der Waals surface area contributed by atoms with Crippen LogP contribution in [-0.2, 0) is 0 Å². The van der Waals surface area contributed by atoms with Crippen molar-refractivity contribution in [3.8, 4) is 5.75 Å². The minimum Gasteiger partial charge on any atom is -0.497 e. The quantitative estimate of drug-likeness (QED) is 0.767. The van der Waals surface area contributed by atoms with Gasteiger partial charge in [0.1, 0.15) is 5.75 Å². The zero-order chi connectivity index (χ0) is 18.4. The molecular weight excluding hydrogens is 330 g/mol. The molecule has 2 aromatic rings. The fraction of sp³-hybridized carbons (Fsp3) is 0.350. The van der Waals surface area contributed by atoms with Gasteiger partial charge in [-0.2, -0.15) is 0 Å². The van der Waals surface area contributed by atoms with E-state index in [0.29, 0.717) is 5.11 Å². The van der Waals surface area contributed by atoms with E-state index < -0.39 is 0 Å². The predicted molar refractivity (Wildman–Crippen MR) is 110 cm³/mol. The molecule has 2 rings (SSSR count). The third-order valence-electron chi connectivity index (χ3n) is 4.43. The van der Waals surface area contributed by atoms with Crippen molar-refractivity contribution in [2.45, 2.75) is 19.9 Å². The Morgan fingerprint density at radius 2 is 1.80 bits per heavy atom. The van der Waals surface area contributed by atoms with Gasteiger partial charge in [-0.1, -0.05) is 24.3 Å². The molecule has 2 aromatic carbocycles. The van der Waals surface area contributed by atoms with Crippen LogP contribution in [0.15, 0.2) is 42.5 Å². The number of nitrogens with one attached hydrogen (secondary N) is 2. The second-order valence-electron chi connectivity index (χ2n) is 6.34. The molecule has 4 nitrogen and oxygen atoms in total. The molecule has 5 heteroatoms. The number of ether oxygens (including phenoxy) is 1. The summed E-state index contributed by atoms with van der Waals surface area (Å²) < 4.78 is 5.23. The number of benzene rings is 2. The van der Waals surface area contributed by atoms with Gasteiger partial charge in [0.05, 0.1) is 13.2 Å². The number of nitrogens with zero attached hydrogens (tertiary/aromatic N) is 1. The van der Waals surface area contributed by atoms with Crippen molar-refractivity contribution in [3.63, 3.8) is 0 Å². The van der Waals surface area contributed by atoms with E-state index in [2.05, 4.69) is 61.7 Å². The maximum atomic E-state index is 5.47. The van der Waals surface area contributed by atoms with Gasteiger partial charge >= 0.3 is 0 Å². The number of methoxy groups -OCH3 is 1. The predicted octanol–water partition coefficient (Wildman–Crippen LogP) is 3.90. The van der Waals surface area contributed by atoms with Gasteiger partial charge in [0.15, 0.2) is 5.11 Å². The average Bonchev–Trinajstić information content (AvgIpc) is 2.59. The lowest BCUT2D eigenvalue weighted by Crippen LogP contribution is -2.36. The summed E-state index contributed by atoms with van der Waals surface area (Å²) in [6.07, 6.45) is 0. The lowest BCUT2D eigenvalue weighted by molar-refractivity contribution is 0.299. The van der Waals surface area contributed by atoms with Gasteiger partial charge in [-0.05, 0) is 75.1 Å². The van der Waals surface area contributed by atoms with Crippen LogP contribution in [0.3, 0.4) is 0 Å². The molecule has 134 valence electrons. The standard InChI is InChI=1S/C20H27N3OS/c1-14-7-6-8-18(15(14)2)22-20(25)21-13-19(23(3)4)16-9-11-17(24-5)12-10-16/h6-12,19H,13H2,1-5H3,(H2,21,22,25)/t19-/m1/s1. The average molecular weight is 358 g/mol. The largest absolute Gasteiger partial charge is 0.497 e. The first-order chi connectivity index (χ1) is 11.9. The Morgan fingerprint density at radius 3 is 2.40 bits per heavy atom. The molecule has 0 aliphatic heterocycles. The molecule has 0 aliphatic rings. The van der Waals surface area contributed by atoms with Gasteiger partial charge in [0, 0.05) is 12.2 Å². The molecular formula is C20H27N3OS. The third kappa shape index (κ3) is 5.18. The van der Waals surface area contributed by atoms with Crippen LogP contribution in [0.1, 0.15) is 22.7 Å². The monoisotopic (exact) mass is 357 g/mol. The molecule has 2 N–H and O–H groups in total. The van der Waals surface area contributed by atoms with Crippen molar-refractivity contribution in [1.82, 2.24) is 10.2 Å². The van der Waals surface area contributed by atoms with Crippen LogP contribution in [0.2, 0.25) is 0 Å². The molecule has 0 saturated carbocycles. The lowest BCUT2D eigenvalue weighted by Gasteiger charge is -2.26. The van der Waals surface area contributed by atoms with Crippen LogP contribution in [0.25, 0.3) is 0 Å². The summed E-state index contributed by atoms with van der Waals surface area (Å²) in [5.74, 6) is 0.862. The Labute approximate surface area is 156 Å². The molecule has 0 aliphatic carbocycles. The summed E-state index contributed by atoms with van der Waals surface area (Å²) in [6.45, 7) is 4.92. The van der Waals surface area contributed by atoms with Crippen LogP contribution < -0.4 is 15.4 Å². The number of thiocarbonyl (C=S) groups is 1. The third-order valence-corrected chi connectivity index (χ3v) is 4.68. The van der Waals surface area contributed by atoms with Crippen molar-refractivity contribution < 1.29 is 4.74 Å². The van der Waals surface area contributed by atoms with Crippen molar-refractivity contribution in [2.75, 3.05) is 33.1 Å². The fourth-order valence-electron chi connectivity index (χ4n) is 2.67. The molecule has 0 aromatic heterocycles. The molecule has 0 saturated heterocycles. The topological polar surface area (TPSA) is 36.5 Å². The molecule has 0 fully saturated rings. The summed E-state index contributed by atoms with van der Waals surface area (Å²) in [4.78, 5) is 2.18.